The van der Waals surface area contributed by atoms with E-state index in [0.29, 0.717) is 25.8 Å². The molecule has 2 heterocycles. The van der Waals surface area contributed by atoms with E-state index in [1.807, 2.05) is 13.8 Å². The molecule has 1 aliphatic rings. The first-order valence-electron chi connectivity index (χ1n) is 5.96. The number of hydrogen-bond donors (Lipinski definition) is 1. The minimum atomic E-state index is -0.475. The molecule has 2 amide bonds. The Morgan fingerprint density at radius 3 is 2.59 bits per heavy atom. The van der Waals surface area contributed by atoms with Crippen molar-refractivity contribution in [2.75, 3.05) is 0 Å². The van der Waals surface area contributed by atoms with Crippen molar-refractivity contribution >= 4 is 11.8 Å². The molecule has 0 aliphatic carbocycles. The summed E-state index contributed by atoms with van der Waals surface area (Å²) in [6, 6.07) is 1.78. The molecule has 0 radical (unpaired) electrons. The van der Waals surface area contributed by atoms with E-state index in [1.165, 1.54) is 4.90 Å². The fraction of sp³-hybridized carbons (Fsp3) is 0.583. The molecule has 1 N–H and O–H groups in total. The normalized spacial score (nSPS) is 19.1. The molecule has 0 saturated carbocycles. The molecule has 0 atom stereocenters. The predicted octanol–water partition coefficient (Wildman–Crippen LogP) is 1.47. The second-order valence-corrected chi connectivity index (χ2v) is 4.53. The van der Waals surface area contributed by atoms with E-state index in [1.54, 1.807) is 12.3 Å². The number of H-pyrrole nitrogens is 1. The van der Waals surface area contributed by atoms with Crippen molar-refractivity contribution in [3.8, 4) is 0 Å². The van der Waals surface area contributed by atoms with Crippen LogP contribution in [0.5, 0.6) is 0 Å². The molecular formula is C12H17N3O2. The second-order valence-electron chi connectivity index (χ2n) is 4.53. The van der Waals surface area contributed by atoms with E-state index in [0.717, 1.165) is 5.69 Å². The highest BCUT2D eigenvalue weighted by Gasteiger charge is 2.48. The topological polar surface area (TPSA) is 66.1 Å². The van der Waals surface area contributed by atoms with Crippen molar-refractivity contribution in [3.05, 3.63) is 18.0 Å². The highest BCUT2D eigenvalue weighted by molar-refractivity contribution is 6.05. The first-order valence-corrected chi connectivity index (χ1v) is 5.96. The van der Waals surface area contributed by atoms with Crippen molar-refractivity contribution in [3.63, 3.8) is 0 Å². The maximum Gasteiger partial charge on any atom is 0.236 e. The summed E-state index contributed by atoms with van der Waals surface area (Å²) in [7, 11) is 0. The van der Waals surface area contributed by atoms with Gasteiger partial charge in [0.05, 0.1) is 17.7 Å². The lowest BCUT2D eigenvalue weighted by molar-refractivity contribution is -0.142. The third-order valence-corrected chi connectivity index (χ3v) is 3.73. The van der Waals surface area contributed by atoms with Gasteiger partial charge in [-0.05, 0) is 18.9 Å². The average molecular weight is 235 g/mol. The third kappa shape index (κ3) is 1.85. The van der Waals surface area contributed by atoms with Crippen LogP contribution in [0.4, 0.5) is 0 Å². The first kappa shape index (κ1) is 11.8. The van der Waals surface area contributed by atoms with Crippen LogP contribution in [-0.4, -0.2) is 26.9 Å². The smallest absolute Gasteiger partial charge is 0.236 e. The highest BCUT2D eigenvalue weighted by Crippen LogP contribution is 2.39. The van der Waals surface area contributed by atoms with Gasteiger partial charge in [0.15, 0.2) is 0 Å². The minimum Gasteiger partial charge on any atom is -0.281 e. The Labute approximate surface area is 100 Å². The molecule has 17 heavy (non-hydrogen) atoms. The van der Waals surface area contributed by atoms with Gasteiger partial charge in [-0.2, -0.15) is 5.10 Å². The monoisotopic (exact) mass is 235 g/mol. The number of likely N-dealkylation sites (tertiary alicyclic amines) is 1. The van der Waals surface area contributed by atoms with Crippen LogP contribution in [0.2, 0.25) is 0 Å². The Morgan fingerprint density at radius 2 is 2.12 bits per heavy atom. The summed E-state index contributed by atoms with van der Waals surface area (Å²) in [6.07, 6.45) is 3.39. The number of rotatable bonds is 4. The Hall–Kier alpha value is -1.65. The van der Waals surface area contributed by atoms with Crippen molar-refractivity contribution < 1.29 is 9.59 Å². The molecule has 1 aromatic rings. The molecule has 0 bridgehead atoms. The lowest BCUT2D eigenvalue weighted by atomic mass is 9.81. The van der Waals surface area contributed by atoms with Gasteiger partial charge in [-0.3, -0.25) is 19.6 Å². The summed E-state index contributed by atoms with van der Waals surface area (Å²) >= 11 is 0. The molecule has 0 aromatic carbocycles. The third-order valence-electron chi connectivity index (χ3n) is 3.73. The number of hydrogen-bond acceptors (Lipinski definition) is 3. The first-order chi connectivity index (χ1) is 8.13. The van der Waals surface area contributed by atoms with Crippen LogP contribution >= 0.6 is 0 Å². The van der Waals surface area contributed by atoms with Crippen LogP contribution in [0.1, 0.15) is 38.8 Å². The molecular weight excluding hydrogens is 218 g/mol. The molecule has 92 valence electrons. The van der Waals surface area contributed by atoms with Gasteiger partial charge < -0.3 is 0 Å². The van der Waals surface area contributed by atoms with Crippen molar-refractivity contribution in [1.29, 1.82) is 0 Å². The maximum absolute atomic E-state index is 12.3. The summed E-state index contributed by atoms with van der Waals surface area (Å²) in [4.78, 5) is 25.6. The fourth-order valence-corrected chi connectivity index (χ4v) is 2.37. The van der Waals surface area contributed by atoms with Gasteiger partial charge in [-0.1, -0.05) is 13.8 Å². The summed E-state index contributed by atoms with van der Waals surface area (Å²) in [6.45, 7) is 4.24. The van der Waals surface area contributed by atoms with E-state index in [4.69, 9.17) is 0 Å². The Balaban J connectivity index is 2.19. The average Bonchev–Trinajstić information content (AvgIpc) is 2.91. The van der Waals surface area contributed by atoms with E-state index in [-0.39, 0.29) is 11.8 Å². The summed E-state index contributed by atoms with van der Waals surface area (Å²) in [5.74, 6) is -0.115. The molecule has 1 fully saturated rings. The largest absolute Gasteiger partial charge is 0.281 e. The zero-order valence-corrected chi connectivity index (χ0v) is 10.2. The van der Waals surface area contributed by atoms with Crippen LogP contribution in [0, 0.1) is 5.41 Å². The van der Waals surface area contributed by atoms with Crippen LogP contribution < -0.4 is 0 Å². The zero-order chi connectivity index (χ0) is 12.5. The van der Waals surface area contributed by atoms with E-state index >= 15 is 0 Å². The van der Waals surface area contributed by atoms with Gasteiger partial charge in [-0.25, -0.2) is 0 Å². The number of aromatic nitrogens is 2. The van der Waals surface area contributed by atoms with Gasteiger partial charge in [0, 0.05) is 12.6 Å². The molecule has 1 aliphatic heterocycles. The molecule has 5 nitrogen and oxygen atoms in total. The number of imide groups is 1. The number of aromatic amines is 1. The quantitative estimate of drug-likeness (QED) is 0.804. The van der Waals surface area contributed by atoms with Crippen LogP contribution in [-0.2, 0) is 16.1 Å². The van der Waals surface area contributed by atoms with Gasteiger partial charge in [0.25, 0.3) is 0 Å². The standard InChI is InChI=1S/C12H17N3O2/c1-3-12(4-2)7-10(16)15(11(12)17)8-9-5-6-13-14-9/h5-6H,3-4,7-8H2,1-2H3,(H,13,14). The SMILES string of the molecule is CCC1(CC)CC(=O)N(Cc2ccn[nH]2)C1=O. The van der Waals surface area contributed by atoms with Crippen LogP contribution in [0.25, 0.3) is 0 Å². The van der Waals surface area contributed by atoms with Crippen molar-refractivity contribution in [2.24, 2.45) is 5.41 Å². The Kier molecular flexibility index (Phi) is 3.00. The number of nitrogens with one attached hydrogen (secondary N) is 1. The van der Waals surface area contributed by atoms with E-state index in [9.17, 15) is 9.59 Å². The van der Waals surface area contributed by atoms with Crippen molar-refractivity contribution in [1.82, 2.24) is 15.1 Å². The van der Waals surface area contributed by atoms with Gasteiger partial charge >= 0.3 is 0 Å². The summed E-state index contributed by atoms with van der Waals surface area (Å²) in [5.41, 5.74) is 0.312. The number of nitrogens with zero attached hydrogens (tertiary/aromatic N) is 2. The van der Waals surface area contributed by atoms with E-state index < -0.39 is 5.41 Å². The van der Waals surface area contributed by atoms with Gasteiger partial charge in [0.1, 0.15) is 0 Å². The molecule has 1 aromatic heterocycles. The number of carbonyl (C=O) groups is 2. The number of carbonyl (C=O) groups excluding carboxylic acids is 2. The maximum atomic E-state index is 12.3. The molecule has 0 spiro atoms. The lowest BCUT2D eigenvalue weighted by Gasteiger charge is -2.23. The highest BCUT2D eigenvalue weighted by atomic mass is 16.2. The minimum absolute atomic E-state index is 0.0397. The summed E-state index contributed by atoms with van der Waals surface area (Å²) in [5, 5.41) is 6.59. The molecule has 5 heteroatoms. The van der Waals surface area contributed by atoms with E-state index in [2.05, 4.69) is 10.2 Å². The second kappa shape index (κ2) is 4.31. The Bertz CT molecular complexity index is 421. The van der Waals surface area contributed by atoms with Gasteiger partial charge in [0.2, 0.25) is 11.8 Å². The lowest BCUT2D eigenvalue weighted by Crippen LogP contribution is -2.34. The van der Waals surface area contributed by atoms with Crippen molar-refractivity contribution in [2.45, 2.75) is 39.7 Å². The fourth-order valence-electron chi connectivity index (χ4n) is 2.37. The van der Waals surface area contributed by atoms with Crippen LogP contribution in [0.15, 0.2) is 12.3 Å². The molecule has 2 rings (SSSR count). The molecule has 0 unspecified atom stereocenters. The predicted molar refractivity (Wildman–Crippen MR) is 61.8 cm³/mol. The van der Waals surface area contributed by atoms with Crippen LogP contribution in [0.3, 0.4) is 0 Å². The zero-order valence-electron chi connectivity index (χ0n) is 10.2. The Morgan fingerprint density at radius 1 is 1.41 bits per heavy atom. The van der Waals surface area contributed by atoms with Gasteiger partial charge in [-0.15, -0.1) is 0 Å². The number of amides is 2. The molecule has 1 saturated heterocycles. The summed E-state index contributed by atoms with van der Waals surface area (Å²) < 4.78 is 0.